The molecular formula is C3H8O2P+. The summed E-state index contributed by atoms with van der Waals surface area (Å²) in [4.78, 5) is 0. The molecule has 0 aliphatic heterocycles. The van der Waals surface area contributed by atoms with Crippen molar-refractivity contribution in [2.24, 2.45) is 0 Å². The molecule has 0 N–H and O–H groups in total. The lowest BCUT2D eigenvalue weighted by Gasteiger charge is -1.75. The summed E-state index contributed by atoms with van der Waals surface area (Å²) in [6.45, 7) is 0. The van der Waals surface area contributed by atoms with E-state index in [1.54, 1.807) is 14.2 Å². The van der Waals surface area contributed by atoms with Gasteiger partial charge in [0.15, 0.2) is 0 Å². The van der Waals surface area contributed by atoms with E-state index in [0.29, 0.717) is 0 Å². The van der Waals surface area contributed by atoms with Crippen LogP contribution in [-0.4, -0.2) is 20.5 Å². The molecule has 0 saturated heterocycles. The molecule has 36 valence electrons. The summed E-state index contributed by atoms with van der Waals surface area (Å²) in [6, 6.07) is 0. The maximum absolute atomic E-state index is 4.63. The van der Waals surface area contributed by atoms with Crippen molar-refractivity contribution in [1.82, 2.24) is 0 Å². The van der Waals surface area contributed by atoms with E-state index in [1.165, 1.54) is 0 Å². The highest BCUT2D eigenvalue weighted by molar-refractivity contribution is 7.45. The first-order valence-corrected chi connectivity index (χ1v) is 2.86. The molecule has 6 heavy (non-hydrogen) atoms. The molecule has 0 amide bonds. The van der Waals surface area contributed by atoms with Crippen molar-refractivity contribution in [3.8, 4) is 0 Å². The van der Waals surface area contributed by atoms with Crippen LogP contribution in [0.15, 0.2) is 0 Å². The second-order valence-corrected chi connectivity index (χ2v) is 2.09. The Labute approximate surface area is 38.6 Å². The van der Waals surface area contributed by atoms with Crippen molar-refractivity contribution in [3.63, 3.8) is 0 Å². The summed E-state index contributed by atoms with van der Waals surface area (Å²) in [7, 11) is 2.32. The first-order chi connectivity index (χ1) is 2.81. The smallest absolute Gasteiger partial charge is 0.156 e. The zero-order valence-electron chi connectivity index (χ0n) is 3.97. The summed E-state index contributed by atoms with van der Waals surface area (Å²) in [5.41, 5.74) is 0. The van der Waals surface area contributed by atoms with E-state index in [-0.39, 0.29) is 0 Å². The summed E-state index contributed by atoms with van der Waals surface area (Å²) < 4.78 is 9.26. The van der Waals surface area contributed by atoms with Crippen molar-refractivity contribution in [2.45, 2.75) is 0 Å². The summed E-state index contributed by atoms with van der Waals surface area (Å²) >= 11 is 0. The molecule has 0 aromatic heterocycles. The van der Waals surface area contributed by atoms with E-state index in [1.807, 2.05) is 0 Å². The molecule has 0 aliphatic rings. The minimum Gasteiger partial charge on any atom is -0.156 e. The Bertz CT molecular complexity index is 46.8. The molecule has 2 nitrogen and oxygen atoms in total. The van der Waals surface area contributed by atoms with Crippen LogP contribution in [-0.2, 0) is 9.05 Å². The van der Waals surface area contributed by atoms with Crippen LogP contribution in [0.2, 0.25) is 0 Å². The fraction of sp³-hybridized carbons (Fsp3) is 0.667. The van der Waals surface area contributed by atoms with Gasteiger partial charge >= 0.3 is 8.00 Å². The van der Waals surface area contributed by atoms with Gasteiger partial charge in [-0.3, -0.25) is 0 Å². The molecule has 0 aliphatic carbocycles. The minimum atomic E-state index is -0.826. The van der Waals surface area contributed by atoms with Crippen LogP contribution in [0.5, 0.6) is 0 Å². The lowest BCUT2D eigenvalue weighted by atomic mass is 11.8. The first kappa shape index (κ1) is 6.09. The van der Waals surface area contributed by atoms with Crippen molar-refractivity contribution in [2.75, 3.05) is 14.2 Å². The lowest BCUT2D eigenvalue weighted by molar-refractivity contribution is 0.358. The summed E-state index contributed by atoms with van der Waals surface area (Å²) in [5.74, 6) is 0. The van der Waals surface area contributed by atoms with Gasteiger partial charge in [-0.25, -0.2) is 0 Å². The molecule has 0 fully saturated rings. The Morgan fingerprint density at radius 2 is 1.67 bits per heavy atom. The molecule has 0 aromatic rings. The Balaban J connectivity index is 2.99. The second kappa shape index (κ2) is 3.29. The highest BCUT2D eigenvalue weighted by Gasteiger charge is 1.96. The van der Waals surface area contributed by atoms with Gasteiger partial charge in [-0.2, -0.15) is 9.05 Å². The topological polar surface area (TPSA) is 18.5 Å². The van der Waals surface area contributed by atoms with Crippen LogP contribution in [0.1, 0.15) is 0 Å². The van der Waals surface area contributed by atoms with Gasteiger partial charge in [0.25, 0.3) is 0 Å². The van der Waals surface area contributed by atoms with Gasteiger partial charge in [0.05, 0.1) is 14.2 Å². The van der Waals surface area contributed by atoms with E-state index >= 15 is 0 Å². The average Bonchev–Trinajstić information content (AvgIpc) is 1.65. The quantitative estimate of drug-likeness (QED) is 0.490. The minimum absolute atomic E-state index is 0.826. The average molecular weight is 107 g/mol. The Morgan fingerprint density at radius 3 is 1.67 bits per heavy atom. The number of rotatable bonds is 2. The molecule has 0 spiro atoms. The van der Waals surface area contributed by atoms with Crippen molar-refractivity contribution >= 4 is 14.3 Å². The molecule has 0 atom stereocenters. The lowest BCUT2D eigenvalue weighted by Crippen LogP contribution is -1.67. The van der Waals surface area contributed by atoms with Gasteiger partial charge < -0.3 is 0 Å². The van der Waals surface area contributed by atoms with Gasteiger partial charge in [0.2, 0.25) is 0 Å². The van der Waals surface area contributed by atoms with Crippen molar-refractivity contribution < 1.29 is 9.05 Å². The zero-order chi connectivity index (χ0) is 4.99. The number of hydrogen-bond acceptors (Lipinski definition) is 2. The number of hydrogen-bond donors (Lipinski definition) is 0. The molecule has 0 bridgehead atoms. The fourth-order valence-electron chi connectivity index (χ4n) is 0.0745. The second-order valence-electron chi connectivity index (χ2n) is 0.698. The van der Waals surface area contributed by atoms with Crippen LogP contribution in [0, 0.1) is 0 Å². The third-order valence-corrected chi connectivity index (χ3v) is 1.22. The van der Waals surface area contributed by atoms with E-state index in [2.05, 4.69) is 15.3 Å². The monoisotopic (exact) mass is 107 g/mol. The van der Waals surface area contributed by atoms with Crippen LogP contribution in [0.4, 0.5) is 0 Å². The predicted octanol–water partition coefficient (Wildman–Crippen LogP) is 1.02. The van der Waals surface area contributed by atoms with E-state index < -0.39 is 8.00 Å². The van der Waals surface area contributed by atoms with E-state index in [4.69, 9.17) is 0 Å². The zero-order valence-corrected chi connectivity index (χ0v) is 4.87. The maximum Gasteiger partial charge on any atom is 0.422 e. The predicted molar refractivity (Wildman–Crippen MR) is 28.1 cm³/mol. The molecular weight excluding hydrogens is 99.0 g/mol. The Morgan fingerprint density at radius 1 is 1.33 bits per heavy atom. The highest BCUT2D eigenvalue weighted by Crippen LogP contribution is 2.17. The standard InChI is InChI=1S/C3H8O2P/c1-4-6(3)5-2/h3H2,1-2H3/q+1. The normalized spacial score (nSPS) is 8.33. The van der Waals surface area contributed by atoms with Gasteiger partial charge in [-0.15, -0.1) is 0 Å². The van der Waals surface area contributed by atoms with Crippen LogP contribution in [0.25, 0.3) is 0 Å². The highest BCUT2D eigenvalue weighted by atomic mass is 31.1. The summed E-state index contributed by atoms with van der Waals surface area (Å²) in [5, 5.41) is 0. The van der Waals surface area contributed by atoms with Crippen LogP contribution >= 0.6 is 8.00 Å². The van der Waals surface area contributed by atoms with Crippen molar-refractivity contribution in [1.29, 1.82) is 0 Å². The largest absolute Gasteiger partial charge is 0.422 e. The van der Waals surface area contributed by atoms with Crippen molar-refractivity contribution in [3.05, 3.63) is 0 Å². The third-order valence-electron chi connectivity index (χ3n) is 0.407. The first-order valence-electron chi connectivity index (χ1n) is 1.50. The Kier molecular flexibility index (Phi) is 3.34. The maximum atomic E-state index is 4.63. The SMILES string of the molecule is C=[P+](OC)OC. The van der Waals surface area contributed by atoms with Gasteiger partial charge in [-0.05, 0) is 0 Å². The van der Waals surface area contributed by atoms with Gasteiger partial charge in [0.1, 0.15) is 6.30 Å². The fourth-order valence-corrected chi connectivity index (χ4v) is 0.224. The molecule has 0 heterocycles. The summed E-state index contributed by atoms with van der Waals surface area (Å²) in [6.07, 6.45) is 3.50. The molecule has 0 aromatic carbocycles. The molecule has 0 radical (unpaired) electrons. The Hall–Kier alpha value is 0.0900. The molecule has 0 rings (SSSR count). The van der Waals surface area contributed by atoms with Crippen LogP contribution < -0.4 is 0 Å². The van der Waals surface area contributed by atoms with E-state index in [0.717, 1.165) is 0 Å². The molecule has 0 saturated carbocycles. The molecule has 3 heteroatoms. The third kappa shape index (κ3) is 2.33. The molecule has 0 unspecified atom stereocenters. The van der Waals surface area contributed by atoms with E-state index in [9.17, 15) is 0 Å². The van der Waals surface area contributed by atoms with Gasteiger partial charge in [0, 0.05) is 0 Å². The van der Waals surface area contributed by atoms with Crippen LogP contribution in [0.3, 0.4) is 0 Å². The van der Waals surface area contributed by atoms with Gasteiger partial charge in [-0.1, -0.05) is 0 Å².